The molecule has 0 aliphatic carbocycles. The first-order chi connectivity index (χ1) is 12.2. The van der Waals surface area contributed by atoms with Crippen LogP contribution in [0.25, 0.3) is 0 Å². The minimum atomic E-state index is -0.0896. The second kappa shape index (κ2) is 8.13. The third kappa shape index (κ3) is 4.37. The summed E-state index contributed by atoms with van der Waals surface area (Å²) in [5.74, 6) is 0. The van der Waals surface area contributed by atoms with Crippen molar-refractivity contribution < 1.29 is 9.53 Å². The lowest BCUT2D eigenvalue weighted by Gasteiger charge is -2.40. The number of carbonyl (C=O) groups excluding carboxylic acids is 1. The van der Waals surface area contributed by atoms with Gasteiger partial charge in [-0.2, -0.15) is 5.10 Å². The molecule has 7 nitrogen and oxygen atoms in total. The second-order valence-electron chi connectivity index (χ2n) is 6.30. The molecular formula is C18H25N5O2. The van der Waals surface area contributed by atoms with Gasteiger partial charge >= 0.3 is 6.03 Å². The highest BCUT2D eigenvalue weighted by molar-refractivity contribution is 5.89. The molecule has 25 heavy (non-hydrogen) atoms. The monoisotopic (exact) mass is 343 g/mol. The fourth-order valence-corrected chi connectivity index (χ4v) is 3.05. The molecule has 0 radical (unpaired) electrons. The van der Waals surface area contributed by atoms with Crippen molar-refractivity contribution in [2.75, 3.05) is 45.7 Å². The van der Waals surface area contributed by atoms with Crippen molar-refractivity contribution in [1.29, 1.82) is 0 Å². The molecule has 134 valence electrons. The van der Waals surface area contributed by atoms with Crippen molar-refractivity contribution in [2.24, 2.45) is 0 Å². The van der Waals surface area contributed by atoms with Gasteiger partial charge in [0.1, 0.15) is 0 Å². The van der Waals surface area contributed by atoms with E-state index in [4.69, 9.17) is 4.74 Å². The summed E-state index contributed by atoms with van der Waals surface area (Å²) in [5, 5.41) is 7.20. The fourth-order valence-electron chi connectivity index (χ4n) is 3.05. The number of rotatable bonds is 5. The Morgan fingerprint density at radius 1 is 1.32 bits per heavy atom. The third-order valence-corrected chi connectivity index (χ3v) is 4.44. The summed E-state index contributed by atoms with van der Waals surface area (Å²) in [6.45, 7) is 3.63. The minimum absolute atomic E-state index is 0.0449. The number of urea groups is 1. The van der Waals surface area contributed by atoms with Gasteiger partial charge in [0.05, 0.1) is 31.1 Å². The second-order valence-corrected chi connectivity index (χ2v) is 6.30. The van der Waals surface area contributed by atoms with E-state index in [1.165, 1.54) is 0 Å². The lowest BCUT2D eigenvalue weighted by molar-refractivity contribution is 0.116. The van der Waals surface area contributed by atoms with Crippen LogP contribution in [0.5, 0.6) is 0 Å². The van der Waals surface area contributed by atoms with E-state index in [9.17, 15) is 4.79 Å². The van der Waals surface area contributed by atoms with Gasteiger partial charge in [-0.25, -0.2) is 4.79 Å². The Morgan fingerprint density at radius 2 is 2.12 bits per heavy atom. The predicted octanol–water partition coefficient (Wildman–Crippen LogP) is 2.05. The third-order valence-electron chi connectivity index (χ3n) is 4.44. The zero-order chi connectivity index (χ0) is 17.6. The molecule has 3 rings (SSSR count). The number of nitrogens with one attached hydrogen (secondary N) is 1. The van der Waals surface area contributed by atoms with E-state index in [0.717, 1.165) is 18.7 Å². The van der Waals surface area contributed by atoms with Crippen LogP contribution < -0.4 is 5.32 Å². The quantitative estimate of drug-likeness (QED) is 0.903. The molecule has 2 heterocycles. The van der Waals surface area contributed by atoms with E-state index in [0.29, 0.717) is 25.4 Å². The molecule has 1 fully saturated rings. The van der Waals surface area contributed by atoms with Crippen LogP contribution in [0.4, 0.5) is 10.5 Å². The number of likely N-dealkylation sites (N-methyl/N-ethyl adjacent to an activating group) is 1. The number of piperazine rings is 1. The first-order valence-electron chi connectivity index (χ1n) is 8.50. The predicted molar refractivity (Wildman–Crippen MR) is 96.5 cm³/mol. The van der Waals surface area contributed by atoms with Crippen LogP contribution >= 0.6 is 0 Å². The molecule has 1 N–H and O–H groups in total. The smallest absolute Gasteiger partial charge is 0.322 e. The number of ether oxygens (including phenoxy) is 1. The van der Waals surface area contributed by atoms with Crippen LogP contribution in [0.15, 0.2) is 42.7 Å². The number of carbonyl (C=O) groups is 1. The summed E-state index contributed by atoms with van der Waals surface area (Å²) < 4.78 is 6.81. The molecule has 1 aliphatic rings. The highest BCUT2D eigenvalue weighted by Gasteiger charge is 2.30. The maximum absolute atomic E-state index is 12.8. The fraction of sp³-hybridized carbons (Fsp3) is 0.444. The van der Waals surface area contributed by atoms with Crippen molar-refractivity contribution in [3.63, 3.8) is 0 Å². The van der Waals surface area contributed by atoms with Crippen LogP contribution in [0.1, 0.15) is 11.6 Å². The average molecular weight is 343 g/mol. The SMILES string of the molecule is COCCn1cc(NC(=O)N2CCN(C)C[C@@H]2c2ccccc2)cn1. The van der Waals surface area contributed by atoms with E-state index in [1.807, 2.05) is 29.3 Å². The number of methoxy groups -OCH3 is 1. The van der Waals surface area contributed by atoms with E-state index in [1.54, 1.807) is 18.0 Å². The van der Waals surface area contributed by atoms with Gasteiger partial charge in [0.2, 0.25) is 0 Å². The molecule has 0 unspecified atom stereocenters. The van der Waals surface area contributed by atoms with Crippen LogP contribution in [0.3, 0.4) is 0 Å². The van der Waals surface area contributed by atoms with Gasteiger partial charge in [-0.1, -0.05) is 30.3 Å². The van der Waals surface area contributed by atoms with Gasteiger partial charge in [-0.05, 0) is 12.6 Å². The lowest BCUT2D eigenvalue weighted by Crippen LogP contribution is -2.50. The van der Waals surface area contributed by atoms with Crippen molar-refractivity contribution in [3.05, 3.63) is 48.3 Å². The average Bonchev–Trinajstić information content (AvgIpc) is 3.07. The lowest BCUT2D eigenvalue weighted by atomic mass is 10.0. The summed E-state index contributed by atoms with van der Waals surface area (Å²) in [6, 6.07) is 10.1. The van der Waals surface area contributed by atoms with Crippen LogP contribution in [-0.2, 0) is 11.3 Å². The van der Waals surface area contributed by atoms with Gasteiger partial charge in [-0.15, -0.1) is 0 Å². The zero-order valence-corrected chi connectivity index (χ0v) is 14.8. The van der Waals surface area contributed by atoms with E-state index >= 15 is 0 Å². The van der Waals surface area contributed by atoms with Crippen LogP contribution in [0, 0.1) is 0 Å². The number of benzene rings is 1. The molecule has 0 bridgehead atoms. The maximum atomic E-state index is 12.8. The molecule has 1 aliphatic heterocycles. The van der Waals surface area contributed by atoms with Gasteiger partial charge in [-0.3, -0.25) is 4.68 Å². The molecule has 1 saturated heterocycles. The van der Waals surface area contributed by atoms with Crippen molar-refractivity contribution in [3.8, 4) is 0 Å². The van der Waals surface area contributed by atoms with Crippen molar-refractivity contribution in [1.82, 2.24) is 19.6 Å². The van der Waals surface area contributed by atoms with E-state index in [2.05, 4.69) is 34.5 Å². The molecular weight excluding hydrogens is 318 g/mol. The number of hydrogen-bond donors (Lipinski definition) is 1. The molecule has 1 aromatic carbocycles. The first-order valence-corrected chi connectivity index (χ1v) is 8.50. The summed E-state index contributed by atoms with van der Waals surface area (Å²) in [5.41, 5.74) is 1.85. The Morgan fingerprint density at radius 3 is 2.88 bits per heavy atom. The van der Waals surface area contributed by atoms with Gasteiger partial charge in [0.15, 0.2) is 0 Å². The van der Waals surface area contributed by atoms with Crippen molar-refractivity contribution >= 4 is 11.7 Å². The number of aromatic nitrogens is 2. The Bertz CT molecular complexity index is 688. The number of amides is 2. The topological polar surface area (TPSA) is 62.6 Å². The number of nitrogens with zero attached hydrogens (tertiary/aromatic N) is 4. The van der Waals surface area contributed by atoms with Gasteiger partial charge in [0.25, 0.3) is 0 Å². The Labute approximate surface area is 148 Å². The Kier molecular flexibility index (Phi) is 5.67. The molecule has 1 atom stereocenters. The molecule has 2 aromatic rings. The normalized spacial score (nSPS) is 18.3. The molecule has 2 amide bonds. The molecule has 0 spiro atoms. The zero-order valence-electron chi connectivity index (χ0n) is 14.8. The van der Waals surface area contributed by atoms with Gasteiger partial charge in [0, 0.05) is 32.9 Å². The summed E-state index contributed by atoms with van der Waals surface area (Å²) in [7, 11) is 3.74. The summed E-state index contributed by atoms with van der Waals surface area (Å²) in [6.07, 6.45) is 3.49. The maximum Gasteiger partial charge on any atom is 0.322 e. The molecule has 0 saturated carbocycles. The molecule has 7 heteroatoms. The largest absolute Gasteiger partial charge is 0.383 e. The summed E-state index contributed by atoms with van der Waals surface area (Å²) in [4.78, 5) is 17.0. The number of anilines is 1. The first kappa shape index (κ1) is 17.4. The standard InChI is InChI=1S/C18H25N5O2/c1-21-8-9-23(17(14-21)15-6-4-3-5-7-15)18(24)20-16-12-19-22(13-16)10-11-25-2/h3-7,12-13,17H,8-11,14H2,1-2H3,(H,20,24)/t17-/m1/s1. The van der Waals surface area contributed by atoms with Crippen molar-refractivity contribution in [2.45, 2.75) is 12.6 Å². The Balaban J connectivity index is 1.69. The van der Waals surface area contributed by atoms with Crippen LogP contribution in [-0.4, -0.2) is 66.0 Å². The summed E-state index contributed by atoms with van der Waals surface area (Å²) >= 11 is 0. The Hall–Kier alpha value is -2.38. The molecule has 1 aromatic heterocycles. The van der Waals surface area contributed by atoms with Gasteiger partial charge < -0.3 is 19.9 Å². The highest BCUT2D eigenvalue weighted by atomic mass is 16.5. The van der Waals surface area contributed by atoms with Crippen LogP contribution in [0.2, 0.25) is 0 Å². The van der Waals surface area contributed by atoms with E-state index < -0.39 is 0 Å². The number of hydrogen-bond acceptors (Lipinski definition) is 4. The highest BCUT2D eigenvalue weighted by Crippen LogP contribution is 2.25. The minimum Gasteiger partial charge on any atom is -0.383 e. The van der Waals surface area contributed by atoms with E-state index in [-0.39, 0.29) is 12.1 Å².